The van der Waals surface area contributed by atoms with Crippen molar-refractivity contribution in [1.82, 2.24) is 0 Å². The van der Waals surface area contributed by atoms with Crippen LogP contribution in [-0.4, -0.2) is 14.7 Å². The lowest BCUT2D eigenvalue weighted by Gasteiger charge is -2.40. The zero-order chi connectivity index (χ0) is 31.8. The molecular formula is C42H43ClOSi. The van der Waals surface area contributed by atoms with Gasteiger partial charge in [-0.25, -0.2) is 0 Å². The van der Waals surface area contributed by atoms with Crippen molar-refractivity contribution in [2.24, 2.45) is 0 Å². The van der Waals surface area contributed by atoms with E-state index in [0.29, 0.717) is 11.6 Å². The van der Waals surface area contributed by atoms with Gasteiger partial charge < -0.3 is 4.74 Å². The van der Waals surface area contributed by atoms with E-state index in [1.807, 2.05) is 6.08 Å². The molecule has 0 atom stereocenters. The Hall–Kier alpha value is -3.85. The Morgan fingerprint density at radius 2 is 1.22 bits per heavy atom. The molecule has 6 rings (SSSR count). The monoisotopic (exact) mass is 626 g/mol. The maximum absolute atomic E-state index is 7.18. The van der Waals surface area contributed by atoms with E-state index in [0.717, 1.165) is 17.8 Å². The number of rotatable bonds is 9. The lowest BCUT2D eigenvalue weighted by atomic mass is 9.87. The van der Waals surface area contributed by atoms with Gasteiger partial charge in [0.1, 0.15) is 20.4 Å². The Morgan fingerprint density at radius 1 is 0.711 bits per heavy atom. The van der Waals surface area contributed by atoms with Crippen molar-refractivity contribution >= 4 is 24.9 Å². The second-order valence-electron chi connectivity index (χ2n) is 13.3. The molecule has 228 valence electrons. The third-order valence-corrected chi connectivity index (χ3v) is 15.8. The number of hydrogen-bond donors (Lipinski definition) is 0. The van der Waals surface area contributed by atoms with Gasteiger partial charge in [0.05, 0.1) is 5.02 Å². The molecule has 0 N–H and O–H groups in total. The van der Waals surface area contributed by atoms with Crippen molar-refractivity contribution in [3.05, 3.63) is 144 Å². The van der Waals surface area contributed by atoms with E-state index >= 15 is 0 Å². The van der Waals surface area contributed by atoms with Crippen molar-refractivity contribution in [3.8, 4) is 39.1 Å². The van der Waals surface area contributed by atoms with Gasteiger partial charge in [-0.3, -0.25) is 0 Å². The van der Waals surface area contributed by atoms with Crippen LogP contribution in [0.25, 0.3) is 33.4 Å². The molecular weight excluding hydrogens is 584 g/mol. The summed E-state index contributed by atoms with van der Waals surface area (Å²) in [6.07, 6.45) is 1.82. The van der Waals surface area contributed by atoms with Gasteiger partial charge in [0.2, 0.25) is 0 Å². The van der Waals surface area contributed by atoms with Crippen LogP contribution in [0.3, 0.4) is 0 Å². The van der Waals surface area contributed by atoms with Crippen LogP contribution in [0.1, 0.15) is 56.9 Å². The van der Waals surface area contributed by atoms with E-state index < -0.39 is 8.07 Å². The van der Waals surface area contributed by atoms with Gasteiger partial charge >= 0.3 is 0 Å². The van der Waals surface area contributed by atoms with Gasteiger partial charge in [0, 0.05) is 5.54 Å². The first-order valence-corrected chi connectivity index (χ1v) is 19.1. The van der Waals surface area contributed by atoms with Crippen LogP contribution in [0.4, 0.5) is 0 Å². The molecule has 0 fully saturated rings. The average Bonchev–Trinajstić information content (AvgIpc) is 3.39. The van der Waals surface area contributed by atoms with Crippen LogP contribution >= 0.6 is 11.6 Å². The lowest BCUT2D eigenvalue weighted by Crippen LogP contribution is -2.53. The Balaban J connectivity index is 1.67. The number of fused-ring (bicyclic) bond motifs is 3. The minimum Gasteiger partial charge on any atom is -0.488 e. The molecule has 45 heavy (non-hydrogen) atoms. The highest BCUT2D eigenvalue weighted by Crippen LogP contribution is 2.53. The highest BCUT2D eigenvalue weighted by Gasteiger charge is 2.48. The summed E-state index contributed by atoms with van der Waals surface area (Å²) in [5.41, 5.74) is 12.0. The first-order chi connectivity index (χ1) is 21.7. The molecule has 1 aliphatic carbocycles. The predicted octanol–water partition coefficient (Wildman–Crippen LogP) is 11.6. The average molecular weight is 627 g/mol. The predicted molar refractivity (Wildman–Crippen MR) is 197 cm³/mol. The zero-order valence-corrected chi connectivity index (χ0v) is 28.9. The normalized spacial score (nSPS) is 12.9. The number of ether oxygens (including phenoxy) is 1. The van der Waals surface area contributed by atoms with Gasteiger partial charge in [0.25, 0.3) is 0 Å². The Bertz CT molecular complexity index is 1740. The molecule has 3 heteroatoms. The van der Waals surface area contributed by atoms with Gasteiger partial charge in [-0.05, 0) is 66.7 Å². The molecule has 0 spiro atoms. The summed E-state index contributed by atoms with van der Waals surface area (Å²) in [5, 5.41) is 2.03. The van der Waals surface area contributed by atoms with Crippen LogP contribution in [0.2, 0.25) is 17.1 Å². The fourth-order valence-electron chi connectivity index (χ4n) is 7.36. The van der Waals surface area contributed by atoms with Gasteiger partial charge in [-0.1, -0.05) is 174 Å². The zero-order valence-electron chi connectivity index (χ0n) is 27.2. The first-order valence-electron chi connectivity index (χ1n) is 16.2. The van der Waals surface area contributed by atoms with Gasteiger partial charge in [-0.2, -0.15) is 0 Å². The Kier molecular flexibility index (Phi) is 8.65. The summed E-state index contributed by atoms with van der Waals surface area (Å²) in [6, 6.07) is 42.5. The number of benzene rings is 5. The van der Waals surface area contributed by atoms with Crippen LogP contribution in [0.15, 0.2) is 122 Å². The third-order valence-electron chi connectivity index (χ3n) is 9.84. The maximum Gasteiger partial charge on any atom is 0.137 e. The molecule has 0 amide bonds. The van der Waals surface area contributed by atoms with Gasteiger partial charge in [0.15, 0.2) is 0 Å². The number of halogens is 1. The van der Waals surface area contributed by atoms with Crippen molar-refractivity contribution in [3.63, 3.8) is 0 Å². The quantitative estimate of drug-likeness (QED) is 0.117. The van der Waals surface area contributed by atoms with Crippen molar-refractivity contribution < 1.29 is 4.74 Å². The minimum absolute atomic E-state index is 0.0522. The third kappa shape index (κ3) is 5.60. The fraction of sp³-hybridized carbons (Fsp3) is 0.238. The summed E-state index contributed by atoms with van der Waals surface area (Å²) >= 11 is 7.18. The lowest BCUT2D eigenvalue weighted by molar-refractivity contribution is 0.365. The highest BCUT2D eigenvalue weighted by atomic mass is 35.5. The SMILES string of the molecule is C=CCOc1c(Cl)cc(C(C)(C)C)cc1[Si](CC)(CC)C1c2cc(-c3ccccc3)ccc2-c2ccc(-c3ccccc3)cc21. The molecule has 0 saturated heterocycles. The van der Waals surface area contributed by atoms with Crippen LogP contribution in [0, 0.1) is 0 Å². The first kappa shape index (κ1) is 31.1. The summed E-state index contributed by atoms with van der Waals surface area (Å²) in [7, 11) is -2.42. The molecule has 0 bridgehead atoms. The Labute approximate surface area is 275 Å². The molecule has 5 aromatic rings. The van der Waals surface area contributed by atoms with E-state index in [4.69, 9.17) is 16.3 Å². The van der Waals surface area contributed by atoms with Crippen LogP contribution < -0.4 is 9.92 Å². The van der Waals surface area contributed by atoms with Crippen LogP contribution in [0.5, 0.6) is 5.75 Å². The van der Waals surface area contributed by atoms with Crippen LogP contribution in [-0.2, 0) is 5.41 Å². The smallest absolute Gasteiger partial charge is 0.137 e. The van der Waals surface area contributed by atoms with Gasteiger partial charge in [-0.15, -0.1) is 0 Å². The molecule has 0 radical (unpaired) electrons. The maximum atomic E-state index is 7.18. The fourth-order valence-corrected chi connectivity index (χ4v) is 12.9. The van der Waals surface area contributed by atoms with E-state index in [1.165, 1.54) is 55.3 Å². The highest BCUT2D eigenvalue weighted by molar-refractivity contribution is 6.94. The molecule has 0 aromatic heterocycles. The van der Waals surface area contributed by atoms with E-state index in [9.17, 15) is 0 Å². The summed E-state index contributed by atoms with van der Waals surface area (Å²) in [4.78, 5) is 0. The van der Waals surface area contributed by atoms with Crippen molar-refractivity contribution in [1.29, 1.82) is 0 Å². The van der Waals surface area contributed by atoms with E-state index in [2.05, 4.69) is 150 Å². The largest absolute Gasteiger partial charge is 0.488 e. The second kappa shape index (κ2) is 12.5. The molecule has 0 heterocycles. The van der Waals surface area contributed by atoms with Crippen molar-refractivity contribution in [2.45, 2.75) is 57.7 Å². The van der Waals surface area contributed by atoms with Crippen molar-refractivity contribution in [2.75, 3.05) is 6.61 Å². The Morgan fingerprint density at radius 3 is 1.67 bits per heavy atom. The second-order valence-corrected chi connectivity index (χ2v) is 18.6. The number of hydrogen-bond acceptors (Lipinski definition) is 1. The summed E-state index contributed by atoms with van der Waals surface area (Å²) in [6.45, 7) is 16.0. The molecule has 0 unspecified atom stereocenters. The molecule has 5 aromatic carbocycles. The molecule has 0 aliphatic heterocycles. The summed E-state index contributed by atoms with van der Waals surface area (Å²) < 4.78 is 6.50. The standard InChI is InChI=1S/C42H43ClOSi/c1-7-24-44-40-38(43)27-33(42(4,5)6)28-39(40)45(8-2,9-3)41-36-25-31(29-16-12-10-13-17-29)20-22-34(36)35-23-21-32(26-37(35)41)30-18-14-11-15-19-30/h7,10-23,25-28,41H,1,8-9,24H2,2-6H3. The minimum atomic E-state index is -2.42. The molecule has 0 saturated carbocycles. The molecule has 1 aliphatic rings. The van der Waals surface area contributed by atoms with E-state index in [-0.39, 0.29) is 11.0 Å². The molecule has 1 nitrogen and oxygen atoms in total. The summed E-state index contributed by atoms with van der Waals surface area (Å²) in [5.74, 6) is 0.841. The van der Waals surface area contributed by atoms with E-state index in [1.54, 1.807) is 0 Å². The topological polar surface area (TPSA) is 9.23 Å².